The van der Waals surface area contributed by atoms with Crippen LogP contribution in [-0.4, -0.2) is 356 Å². The molecule has 0 spiro atoms. The molecule has 0 aliphatic heterocycles. The Morgan fingerprint density at radius 2 is 0.401 bits per heavy atom. The van der Waals surface area contributed by atoms with Gasteiger partial charge in [0.2, 0.25) is 65.0 Å². The number of benzene rings is 4. The minimum Gasteiger partial charge on any atom is -0.370 e. The van der Waals surface area contributed by atoms with E-state index in [9.17, 15) is 14.4 Å². The summed E-state index contributed by atoms with van der Waals surface area (Å²) in [5.41, 5.74) is 47.5. The number of rotatable bonds is 64. The van der Waals surface area contributed by atoms with Gasteiger partial charge in [0.1, 0.15) is 25.4 Å². The maximum absolute atomic E-state index is 15.8. The number of guanidine groups is 8. The van der Waals surface area contributed by atoms with Crippen LogP contribution in [0.15, 0.2) is 121 Å². The molecule has 0 aliphatic rings. The van der Waals surface area contributed by atoms with Crippen molar-refractivity contribution in [1.29, 1.82) is 43.3 Å². The minimum absolute atomic E-state index is 0.00345. The van der Waals surface area contributed by atoms with Gasteiger partial charge in [0.05, 0.1) is 83.1 Å². The highest BCUT2D eigenvalue weighted by atomic mass is 16.2. The summed E-state index contributed by atoms with van der Waals surface area (Å²) in [6, 6.07) is 31.4. The first-order valence-corrected chi connectivity index (χ1v) is 45.3. The molecule has 0 saturated carbocycles. The number of nitrogens with one attached hydrogen (secondary N) is 17. The van der Waals surface area contributed by atoms with Crippen LogP contribution in [0.2, 0.25) is 0 Å². The molecule has 0 heterocycles. The van der Waals surface area contributed by atoms with E-state index in [1.807, 2.05) is 0 Å². The van der Waals surface area contributed by atoms with E-state index in [2.05, 4.69) is 47.9 Å². The first-order chi connectivity index (χ1) is 65.2. The number of ketones is 1. The fraction of sp³-hybridized carbons (Fsp3) is 0.506. The molecule has 4 rings (SSSR count). The highest BCUT2D eigenvalue weighted by Gasteiger charge is 2.37. The molecule has 0 fully saturated rings. The fourth-order valence-electron chi connectivity index (χ4n) is 14.4. The first kappa shape index (κ1) is 114. The van der Waals surface area contributed by atoms with Crippen LogP contribution in [0.3, 0.4) is 0 Å². The Morgan fingerprint density at radius 3 is 0.591 bits per heavy atom. The normalized spacial score (nSPS) is 11.6. The lowest BCUT2D eigenvalue weighted by molar-refractivity contribution is -0.150. The molecule has 0 radical (unpaired) electrons. The van der Waals surface area contributed by atoms with Gasteiger partial charge in [-0.05, 0) is 115 Å². The quantitative estimate of drug-likeness (QED) is 0.0115. The Hall–Kier alpha value is -15.2. The highest BCUT2D eigenvalue weighted by Crippen LogP contribution is 2.26. The van der Waals surface area contributed by atoms with E-state index in [0.717, 1.165) is 14.7 Å². The lowest BCUT2D eigenvalue weighted by atomic mass is 10.1. The molecule has 11 amide bonds. The molecule has 4 aromatic carbocycles. The van der Waals surface area contributed by atoms with Crippen molar-refractivity contribution in [3.05, 3.63) is 144 Å². The van der Waals surface area contributed by atoms with E-state index in [0.29, 0.717) is 41.8 Å². The second-order valence-electron chi connectivity index (χ2n) is 32.6. The molecule has 0 unspecified atom stereocenters. The summed E-state index contributed by atoms with van der Waals surface area (Å²) in [7, 11) is 0. The van der Waals surface area contributed by atoms with Gasteiger partial charge in [0.25, 0.3) is 0 Å². The van der Waals surface area contributed by atoms with Crippen LogP contribution in [0.1, 0.15) is 132 Å². The molecular formula is C89H144N36O12. The van der Waals surface area contributed by atoms with Crippen molar-refractivity contribution in [2.75, 3.05) is 183 Å². The molecule has 48 heteroatoms. The standard InChI is InChI=1S/C89H144N36O12/c1-62(126)51-122(63(2)67-26-10-6-11-27-67)78(134)56-119(47-23-40-112-87(100)101)72(128)52-116(44-20-37-109-84(94)95)76(132)60-124(65(4)69-30-14-8-15-31-69)80(136)58-121(49-25-42-114-89(104)105)74(130)54-118(46-22-39-111-86(98)99)77(133)61-125(66(5)70-32-16-9-17-33-70)81(137)57-120(48-24-41-113-88(102)103)73(129)53-117(45-21-38-110-85(96)97)75(131)59-123(64(3)68-28-12-7-13-29-68)79(135)55-115(43-19-36-108-83(92)93)71(127)50-106-34-18-35-107-82(90)91/h6-17,26-33,63-66,106H,18-25,34-61H2,1-5H3,(H4,90,91,107)(H4,92,93,108)(H4,94,95,109)(H4,96,97,110)(H4,98,99,111)(H4,100,101,112)(H4,102,103,113)(H4,104,105,114)/t63-,64+,65+,66-/m0/s1. The number of hydrogen-bond acceptors (Lipinski definition) is 21. The van der Waals surface area contributed by atoms with Crippen LogP contribution >= 0.6 is 0 Å². The second-order valence-corrected chi connectivity index (χ2v) is 32.6. The molecule has 0 aromatic heterocycles. The number of nitrogens with two attached hydrogens (primary N) is 8. The topological polar surface area (TPSA) is 748 Å². The Labute approximate surface area is 800 Å². The number of nitrogens with zero attached hydrogens (tertiary/aromatic N) is 11. The van der Waals surface area contributed by atoms with Gasteiger partial charge in [-0.1, -0.05) is 121 Å². The van der Waals surface area contributed by atoms with Gasteiger partial charge in [0.15, 0.2) is 47.7 Å². The highest BCUT2D eigenvalue weighted by molar-refractivity contribution is 5.96. The Morgan fingerprint density at radius 1 is 0.234 bits per heavy atom. The number of carbonyl (C=O) groups is 12. The van der Waals surface area contributed by atoms with Crippen LogP contribution in [0, 0.1) is 43.3 Å². The Balaban J connectivity index is 1.85. The smallest absolute Gasteiger partial charge is 0.243 e. The van der Waals surface area contributed by atoms with Gasteiger partial charge in [-0.2, -0.15) is 0 Å². The zero-order valence-electron chi connectivity index (χ0n) is 79.2. The molecule has 4 atom stereocenters. The molecule has 48 nitrogen and oxygen atoms in total. The maximum atomic E-state index is 15.8. The Bertz CT molecular complexity index is 4600. The summed E-state index contributed by atoms with van der Waals surface area (Å²) in [5.74, 6) is -11.4. The SMILES string of the molecule is CC(=O)CN(C(=O)CN(CCCNC(=N)N)C(=O)CN(CCCNC(=N)N)C(=O)CN(C(=O)CN(CCCNC(=N)N)C(=O)CN(CCCNC(=N)N)C(=O)CN(C(=O)CN(CCCNC(=N)N)C(=O)CN(CCCNC(=N)N)C(=O)CN(C(=O)CN(CCCNC(=N)N)C(=O)CNCCCNC(=N)N)[C@H](C)c1ccccc1)[C@@H](C)c1ccccc1)[C@H](C)c1ccccc1)[C@@H](C)c1ccccc1. The summed E-state index contributed by atoms with van der Waals surface area (Å²) in [4.78, 5) is 194. The fourth-order valence-corrected chi connectivity index (χ4v) is 14.4. The van der Waals surface area contributed by atoms with Crippen molar-refractivity contribution >= 4 is 118 Å². The van der Waals surface area contributed by atoms with E-state index < -0.39 is 178 Å². The maximum Gasteiger partial charge on any atom is 0.243 e. The van der Waals surface area contributed by atoms with Crippen LogP contribution in [0.5, 0.6) is 0 Å². The van der Waals surface area contributed by atoms with Crippen molar-refractivity contribution in [2.45, 2.75) is 110 Å². The predicted octanol–water partition coefficient (Wildman–Crippen LogP) is -3.69. The lowest BCUT2D eigenvalue weighted by Gasteiger charge is -2.36. The summed E-state index contributed by atoms with van der Waals surface area (Å²) >= 11 is 0. The van der Waals surface area contributed by atoms with E-state index in [-0.39, 0.29) is 179 Å². The van der Waals surface area contributed by atoms with Crippen molar-refractivity contribution in [3.8, 4) is 0 Å². The van der Waals surface area contributed by atoms with Crippen LogP contribution in [0.25, 0.3) is 0 Å². The van der Waals surface area contributed by atoms with Crippen molar-refractivity contribution < 1.29 is 57.5 Å². The zero-order valence-corrected chi connectivity index (χ0v) is 79.2. The van der Waals surface area contributed by atoms with E-state index in [1.54, 1.807) is 149 Å². The van der Waals surface area contributed by atoms with E-state index in [1.165, 1.54) is 46.1 Å². The number of amides is 11. The van der Waals surface area contributed by atoms with Gasteiger partial charge in [-0.15, -0.1) is 0 Å². The van der Waals surface area contributed by atoms with Gasteiger partial charge in [-0.25, -0.2) is 0 Å². The molecule has 752 valence electrons. The zero-order chi connectivity index (χ0) is 101. The molecule has 4 aromatic rings. The van der Waals surface area contributed by atoms with Gasteiger partial charge < -0.3 is 148 Å². The van der Waals surface area contributed by atoms with Gasteiger partial charge in [-0.3, -0.25) is 101 Å². The number of hydrogen-bond donors (Lipinski definition) is 25. The van der Waals surface area contributed by atoms with Crippen molar-refractivity contribution in [1.82, 2.24) is 102 Å². The Kier molecular flexibility index (Phi) is 52.0. The second kappa shape index (κ2) is 62.3. The average molecular weight is 1910 g/mol. The lowest BCUT2D eigenvalue weighted by Crippen LogP contribution is -2.54. The summed E-state index contributed by atoms with van der Waals surface area (Å²) in [6.45, 7) is 0.315. The molecule has 0 aliphatic carbocycles. The summed E-state index contributed by atoms with van der Waals surface area (Å²) in [6.07, 6.45) is 1.17. The summed E-state index contributed by atoms with van der Waals surface area (Å²) in [5, 5.41) is 87.0. The number of carbonyl (C=O) groups excluding carboxylic acids is 12. The predicted molar refractivity (Wildman–Crippen MR) is 522 cm³/mol. The van der Waals surface area contributed by atoms with Crippen molar-refractivity contribution in [3.63, 3.8) is 0 Å². The third-order valence-electron chi connectivity index (χ3n) is 21.9. The van der Waals surface area contributed by atoms with Crippen LogP contribution in [-0.2, 0) is 57.5 Å². The van der Waals surface area contributed by atoms with Gasteiger partial charge in [0, 0.05) is 98.2 Å². The minimum atomic E-state index is -0.980. The van der Waals surface area contributed by atoms with Crippen molar-refractivity contribution in [2.24, 2.45) is 45.9 Å². The number of Topliss-reactive ketones (excluding diaryl/α,β-unsaturated/α-hetero) is 1. The monoisotopic (exact) mass is 1910 g/mol. The van der Waals surface area contributed by atoms with E-state index >= 15 is 43.2 Å². The molecular weight excluding hydrogens is 1770 g/mol. The van der Waals surface area contributed by atoms with Gasteiger partial charge >= 0.3 is 0 Å². The first-order valence-electron chi connectivity index (χ1n) is 45.3. The third kappa shape index (κ3) is 45.0. The largest absolute Gasteiger partial charge is 0.370 e. The average Bonchev–Trinajstić information content (AvgIpc) is 0.845. The van der Waals surface area contributed by atoms with Crippen LogP contribution in [0.4, 0.5) is 0 Å². The molecule has 33 N–H and O–H groups in total. The molecule has 0 saturated heterocycles. The third-order valence-corrected chi connectivity index (χ3v) is 21.9. The summed E-state index contributed by atoms with van der Waals surface area (Å²) < 4.78 is 0. The van der Waals surface area contributed by atoms with E-state index in [4.69, 9.17) is 89.1 Å². The molecule has 0 bridgehead atoms. The molecule has 137 heavy (non-hydrogen) atoms. The van der Waals surface area contributed by atoms with Crippen LogP contribution < -0.4 is 93.7 Å².